The number of carbonyl (C=O) groups is 1. The van der Waals surface area contributed by atoms with Crippen molar-refractivity contribution in [2.75, 3.05) is 20.2 Å². The molecular formula is C16H30N2O2. The van der Waals surface area contributed by atoms with Crippen LogP contribution in [0.5, 0.6) is 0 Å². The molecule has 20 heavy (non-hydrogen) atoms. The van der Waals surface area contributed by atoms with E-state index in [4.69, 9.17) is 4.74 Å². The topological polar surface area (TPSA) is 41.6 Å². The van der Waals surface area contributed by atoms with Gasteiger partial charge in [0.05, 0.1) is 6.61 Å². The summed E-state index contributed by atoms with van der Waals surface area (Å²) in [6.45, 7) is 7.68. The molecule has 3 unspecified atom stereocenters. The summed E-state index contributed by atoms with van der Waals surface area (Å²) in [4.78, 5) is 15.1. The molecule has 2 fully saturated rings. The highest BCUT2D eigenvalue weighted by Crippen LogP contribution is 2.42. The average molecular weight is 282 g/mol. The standard InChI is InChI=1S/C16H30N2O2/c1-5-14-10-7-12(3)18(14)11-16(17-4,13-8-9-13)15(19)20-6-2/h12-14,17H,5-11H2,1-4H3. The molecule has 0 radical (unpaired) electrons. The first-order valence-corrected chi connectivity index (χ1v) is 8.20. The van der Waals surface area contributed by atoms with Crippen LogP contribution in [0, 0.1) is 5.92 Å². The predicted molar refractivity (Wildman–Crippen MR) is 80.6 cm³/mol. The minimum atomic E-state index is -0.498. The average Bonchev–Trinajstić information content (AvgIpc) is 3.23. The number of likely N-dealkylation sites (tertiary alicyclic amines) is 1. The van der Waals surface area contributed by atoms with E-state index in [0.29, 0.717) is 24.6 Å². The number of nitrogens with one attached hydrogen (secondary N) is 1. The summed E-state index contributed by atoms with van der Waals surface area (Å²) in [6.07, 6.45) is 5.94. The van der Waals surface area contributed by atoms with Crippen LogP contribution in [-0.2, 0) is 9.53 Å². The Morgan fingerprint density at radius 1 is 1.30 bits per heavy atom. The minimum absolute atomic E-state index is 0.0565. The monoisotopic (exact) mass is 282 g/mol. The lowest BCUT2D eigenvalue weighted by molar-refractivity contribution is -0.153. The van der Waals surface area contributed by atoms with Crippen LogP contribution in [0.3, 0.4) is 0 Å². The van der Waals surface area contributed by atoms with E-state index in [9.17, 15) is 4.79 Å². The van der Waals surface area contributed by atoms with Gasteiger partial charge in [0.1, 0.15) is 5.54 Å². The van der Waals surface area contributed by atoms with Crippen molar-refractivity contribution in [1.82, 2.24) is 10.2 Å². The Labute approximate surface area is 123 Å². The zero-order chi connectivity index (χ0) is 14.8. The van der Waals surface area contributed by atoms with Gasteiger partial charge in [-0.15, -0.1) is 0 Å². The van der Waals surface area contributed by atoms with Crippen LogP contribution in [0.25, 0.3) is 0 Å². The fraction of sp³-hybridized carbons (Fsp3) is 0.938. The first-order chi connectivity index (χ1) is 9.58. The number of esters is 1. The lowest BCUT2D eigenvalue weighted by atomic mass is 9.91. The molecule has 1 saturated heterocycles. The molecule has 1 aliphatic heterocycles. The maximum absolute atomic E-state index is 12.6. The van der Waals surface area contributed by atoms with Crippen LogP contribution in [0.1, 0.15) is 52.9 Å². The summed E-state index contributed by atoms with van der Waals surface area (Å²) < 4.78 is 5.39. The van der Waals surface area contributed by atoms with Crippen LogP contribution in [0.4, 0.5) is 0 Å². The second kappa shape index (κ2) is 6.44. The van der Waals surface area contributed by atoms with Gasteiger partial charge in [-0.1, -0.05) is 6.92 Å². The highest BCUT2D eigenvalue weighted by Gasteiger charge is 2.53. The zero-order valence-electron chi connectivity index (χ0n) is 13.4. The Hall–Kier alpha value is -0.610. The molecule has 3 atom stereocenters. The SMILES string of the molecule is CCOC(=O)C(CN1C(C)CCC1CC)(NC)C1CC1. The van der Waals surface area contributed by atoms with E-state index in [1.807, 2.05) is 14.0 Å². The first-order valence-electron chi connectivity index (χ1n) is 8.20. The fourth-order valence-electron chi connectivity index (χ4n) is 3.72. The van der Waals surface area contributed by atoms with E-state index in [1.165, 1.54) is 12.8 Å². The number of ether oxygens (including phenoxy) is 1. The molecule has 2 rings (SSSR count). The van der Waals surface area contributed by atoms with Gasteiger partial charge in [0, 0.05) is 18.6 Å². The van der Waals surface area contributed by atoms with E-state index < -0.39 is 5.54 Å². The quantitative estimate of drug-likeness (QED) is 0.727. The van der Waals surface area contributed by atoms with Gasteiger partial charge in [0.25, 0.3) is 0 Å². The van der Waals surface area contributed by atoms with Crippen LogP contribution in [-0.4, -0.2) is 48.7 Å². The Kier molecular flexibility index (Phi) is 5.08. The normalized spacial score (nSPS) is 30.2. The number of hydrogen-bond acceptors (Lipinski definition) is 4. The molecule has 0 aromatic rings. The van der Waals surface area contributed by atoms with Crippen molar-refractivity contribution >= 4 is 5.97 Å². The zero-order valence-corrected chi connectivity index (χ0v) is 13.4. The van der Waals surface area contributed by atoms with E-state index in [2.05, 4.69) is 24.1 Å². The highest BCUT2D eigenvalue weighted by atomic mass is 16.5. The van der Waals surface area contributed by atoms with Crippen LogP contribution in [0.2, 0.25) is 0 Å². The van der Waals surface area contributed by atoms with Gasteiger partial charge >= 0.3 is 5.97 Å². The Morgan fingerprint density at radius 2 is 2.00 bits per heavy atom. The Morgan fingerprint density at radius 3 is 2.50 bits per heavy atom. The second-order valence-electron chi connectivity index (χ2n) is 6.38. The van der Waals surface area contributed by atoms with E-state index in [-0.39, 0.29) is 5.97 Å². The van der Waals surface area contributed by atoms with Crippen molar-refractivity contribution in [3.8, 4) is 0 Å². The number of rotatable bonds is 7. The first kappa shape index (κ1) is 15.8. The highest BCUT2D eigenvalue weighted by molar-refractivity contribution is 5.82. The van der Waals surface area contributed by atoms with Crippen molar-refractivity contribution in [2.45, 2.75) is 70.5 Å². The Bertz CT molecular complexity index is 343. The maximum atomic E-state index is 12.6. The summed E-state index contributed by atoms with van der Waals surface area (Å²) in [5.41, 5.74) is -0.498. The third-order valence-corrected chi connectivity index (χ3v) is 5.22. The van der Waals surface area contributed by atoms with Crippen LogP contribution < -0.4 is 5.32 Å². The molecule has 1 N–H and O–H groups in total. The molecule has 0 bridgehead atoms. The third-order valence-electron chi connectivity index (χ3n) is 5.22. The molecule has 116 valence electrons. The van der Waals surface area contributed by atoms with Crippen LogP contribution in [0.15, 0.2) is 0 Å². The predicted octanol–water partition coefficient (Wildman–Crippen LogP) is 2.18. The summed E-state index contributed by atoms with van der Waals surface area (Å²) in [5.74, 6) is 0.385. The molecule has 0 amide bonds. The molecule has 0 aromatic carbocycles. The lowest BCUT2D eigenvalue weighted by Gasteiger charge is -2.39. The van der Waals surface area contributed by atoms with Crippen LogP contribution >= 0.6 is 0 Å². The van der Waals surface area contributed by atoms with Crippen molar-refractivity contribution in [3.63, 3.8) is 0 Å². The molecule has 1 heterocycles. The number of nitrogens with zero attached hydrogens (tertiary/aromatic N) is 1. The van der Waals surface area contributed by atoms with Crippen molar-refractivity contribution < 1.29 is 9.53 Å². The summed E-state index contributed by atoms with van der Waals surface area (Å²) >= 11 is 0. The molecule has 2 aliphatic rings. The van der Waals surface area contributed by atoms with Gasteiger partial charge in [-0.2, -0.15) is 0 Å². The fourth-order valence-corrected chi connectivity index (χ4v) is 3.72. The van der Waals surface area contributed by atoms with Crippen molar-refractivity contribution in [2.24, 2.45) is 5.92 Å². The summed E-state index contributed by atoms with van der Waals surface area (Å²) in [5, 5.41) is 3.34. The molecule has 4 heteroatoms. The lowest BCUT2D eigenvalue weighted by Crippen LogP contribution is -2.61. The molecule has 4 nitrogen and oxygen atoms in total. The maximum Gasteiger partial charge on any atom is 0.327 e. The van der Waals surface area contributed by atoms with Gasteiger partial charge in [0.15, 0.2) is 0 Å². The smallest absolute Gasteiger partial charge is 0.327 e. The molecular weight excluding hydrogens is 252 g/mol. The van der Waals surface area contributed by atoms with Gasteiger partial charge in [-0.05, 0) is 58.9 Å². The number of carbonyl (C=O) groups excluding carboxylic acids is 1. The largest absolute Gasteiger partial charge is 0.465 e. The molecule has 1 saturated carbocycles. The summed E-state index contributed by atoms with van der Waals surface area (Å²) in [7, 11) is 1.91. The number of hydrogen-bond donors (Lipinski definition) is 1. The Balaban J connectivity index is 2.16. The molecule has 0 aromatic heterocycles. The van der Waals surface area contributed by atoms with Gasteiger partial charge < -0.3 is 10.1 Å². The summed E-state index contributed by atoms with van der Waals surface area (Å²) in [6, 6.07) is 1.19. The van der Waals surface area contributed by atoms with Gasteiger partial charge in [-0.3, -0.25) is 4.90 Å². The van der Waals surface area contributed by atoms with Crippen molar-refractivity contribution in [3.05, 3.63) is 0 Å². The molecule has 1 aliphatic carbocycles. The van der Waals surface area contributed by atoms with E-state index in [1.54, 1.807) is 0 Å². The minimum Gasteiger partial charge on any atom is -0.465 e. The van der Waals surface area contributed by atoms with E-state index >= 15 is 0 Å². The van der Waals surface area contributed by atoms with E-state index in [0.717, 1.165) is 25.8 Å². The molecule has 0 spiro atoms. The second-order valence-corrected chi connectivity index (χ2v) is 6.38. The van der Waals surface area contributed by atoms with Crippen molar-refractivity contribution in [1.29, 1.82) is 0 Å². The number of likely N-dealkylation sites (N-methyl/N-ethyl adjacent to an activating group) is 1. The van der Waals surface area contributed by atoms with Gasteiger partial charge in [0.2, 0.25) is 0 Å². The van der Waals surface area contributed by atoms with Gasteiger partial charge in [-0.25, -0.2) is 4.79 Å². The third kappa shape index (κ3) is 2.86.